The zero-order chi connectivity index (χ0) is 16.3. The van der Waals surface area contributed by atoms with Crippen LogP contribution in [0.1, 0.15) is 29.5 Å². The molecule has 2 aromatic carbocycles. The molecule has 6 heteroatoms. The number of carbonyl (C=O) groups is 1. The van der Waals surface area contributed by atoms with Gasteiger partial charge in [0.05, 0.1) is 11.3 Å². The number of rotatable bonds is 4. The predicted molar refractivity (Wildman–Crippen MR) is 76.8 cm³/mol. The van der Waals surface area contributed by atoms with Gasteiger partial charge in [-0.15, -0.1) is 0 Å². The molecule has 1 atom stereocenters. The van der Waals surface area contributed by atoms with Gasteiger partial charge in [0.2, 0.25) is 6.41 Å². The number of halogens is 3. The zero-order valence-corrected chi connectivity index (χ0v) is 11.7. The number of aromatic hydroxyl groups is 1. The van der Waals surface area contributed by atoms with Crippen molar-refractivity contribution in [3.8, 4) is 5.75 Å². The molecular formula is C16H14F3NO2. The summed E-state index contributed by atoms with van der Waals surface area (Å²) in [5.74, 6) is -0.309. The number of amides is 1. The van der Waals surface area contributed by atoms with Crippen molar-refractivity contribution in [1.82, 2.24) is 0 Å². The lowest BCUT2D eigenvalue weighted by Gasteiger charge is -2.20. The SMILES string of the molecule is CC(c1ccc(O)cc1)c1cccc(C(F)(F)F)c1NC=O. The third-order valence-electron chi connectivity index (χ3n) is 3.46. The number of nitrogens with one attached hydrogen (secondary N) is 1. The van der Waals surface area contributed by atoms with Crippen molar-refractivity contribution in [3.05, 3.63) is 59.2 Å². The molecule has 0 aliphatic carbocycles. The van der Waals surface area contributed by atoms with Gasteiger partial charge < -0.3 is 10.4 Å². The number of alkyl halides is 3. The van der Waals surface area contributed by atoms with Crippen molar-refractivity contribution in [2.75, 3.05) is 5.32 Å². The van der Waals surface area contributed by atoms with Gasteiger partial charge in [-0.3, -0.25) is 4.79 Å². The minimum absolute atomic E-state index is 0.0752. The number of benzene rings is 2. The maximum atomic E-state index is 13.1. The van der Waals surface area contributed by atoms with Crippen LogP contribution >= 0.6 is 0 Å². The van der Waals surface area contributed by atoms with E-state index >= 15 is 0 Å². The highest BCUT2D eigenvalue weighted by molar-refractivity contribution is 5.77. The number of hydrogen-bond donors (Lipinski definition) is 2. The summed E-state index contributed by atoms with van der Waals surface area (Å²) in [6.07, 6.45) is -4.33. The standard InChI is InChI=1S/C16H14F3NO2/c1-10(11-5-7-12(22)8-6-11)13-3-2-4-14(16(17,18)19)15(13)20-9-21/h2-10,22H,1H3,(H,20,21). The highest BCUT2D eigenvalue weighted by Crippen LogP contribution is 2.40. The summed E-state index contributed by atoms with van der Waals surface area (Å²) >= 11 is 0. The van der Waals surface area contributed by atoms with Crippen LogP contribution in [0.15, 0.2) is 42.5 Å². The molecule has 0 fully saturated rings. The zero-order valence-electron chi connectivity index (χ0n) is 11.7. The molecule has 0 saturated heterocycles. The molecule has 2 N–H and O–H groups in total. The summed E-state index contributed by atoms with van der Waals surface area (Å²) in [5.41, 5.74) is -0.0491. The first-order valence-electron chi connectivity index (χ1n) is 6.54. The van der Waals surface area contributed by atoms with Crippen LogP contribution in [0.2, 0.25) is 0 Å². The van der Waals surface area contributed by atoms with Crippen molar-refractivity contribution in [2.45, 2.75) is 19.0 Å². The van der Waals surface area contributed by atoms with E-state index in [4.69, 9.17) is 0 Å². The molecule has 0 heterocycles. The third kappa shape index (κ3) is 3.21. The van der Waals surface area contributed by atoms with Crippen LogP contribution in [0.4, 0.5) is 18.9 Å². The minimum Gasteiger partial charge on any atom is -0.508 e. The Kier molecular flexibility index (Phi) is 4.40. The normalized spacial score (nSPS) is 12.7. The molecule has 3 nitrogen and oxygen atoms in total. The van der Waals surface area contributed by atoms with E-state index in [-0.39, 0.29) is 23.8 Å². The number of phenols is 1. The summed E-state index contributed by atoms with van der Waals surface area (Å²) in [6, 6.07) is 9.97. The summed E-state index contributed by atoms with van der Waals surface area (Å²) < 4.78 is 39.2. The van der Waals surface area contributed by atoms with Crippen molar-refractivity contribution >= 4 is 12.1 Å². The van der Waals surface area contributed by atoms with Crippen LogP contribution in [0.3, 0.4) is 0 Å². The van der Waals surface area contributed by atoms with Gasteiger partial charge in [0.1, 0.15) is 5.75 Å². The first-order chi connectivity index (χ1) is 10.3. The monoisotopic (exact) mass is 309 g/mol. The summed E-state index contributed by atoms with van der Waals surface area (Å²) in [5, 5.41) is 11.5. The molecule has 0 aliphatic heterocycles. The summed E-state index contributed by atoms with van der Waals surface area (Å²) in [6.45, 7) is 1.73. The molecule has 0 bridgehead atoms. The number of phenolic OH excluding ortho intramolecular Hbond substituents is 1. The average molecular weight is 309 g/mol. The maximum absolute atomic E-state index is 13.1. The van der Waals surface area contributed by atoms with E-state index in [1.54, 1.807) is 25.1 Å². The Morgan fingerprint density at radius 2 is 1.77 bits per heavy atom. The van der Waals surface area contributed by atoms with Crippen molar-refractivity contribution in [2.24, 2.45) is 0 Å². The topological polar surface area (TPSA) is 49.3 Å². The van der Waals surface area contributed by atoms with Gasteiger partial charge in [0.25, 0.3) is 0 Å². The van der Waals surface area contributed by atoms with Gasteiger partial charge in [-0.05, 0) is 29.3 Å². The third-order valence-corrected chi connectivity index (χ3v) is 3.46. The van der Waals surface area contributed by atoms with Crippen LogP contribution in [0.25, 0.3) is 0 Å². The Morgan fingerprint density at radius 3 is 2.32 bits per heavy atom. The molecular weight excluding hydrogens is 295 g/mol. The molecule has 0 radical (unpaired) electrons. The molecule has 2 aromatic rings. The predicted octanol–water partition coefficient (Wildman–Crippen LogP) is 4.13. The number of carbonyl (C=O) groups excluding carboxylic acids is 1. The highest BCUT2D eigenvalue weighted by atomic mass is 19.4. The molecule has 116 valence electrons. The fourth-order valence-corrected chi connectivity index (χ4v) is 2.33. The van der Waals surface area contributed by atoms with E-state index in [9.17, 15) is 23.1 Å². The largest absolute Gasteiger partial charge is 0.508 e. The Bertz CT molecular complexity index is 666. The first-order valence-corrected chi connectivity index (χ1v) is 6.54. The lowest BCUT2D eigenvalue weighted by Crippen LogP contribution is -2.13. The fourth-order valence-electron chi connectivity index (χ4n) is 2.33. The molecule has 0 aliphatic rings. The number of para-hydroxylation sites is 1. The van der Waals surface area contributed by atoms with Crippen molar-refractivity contribution < 1.29 is 23.1 Å². The number of hydrogen-bond acceptors (Lipinski definition) is 2. The Morgan fingerprint density at radius 1 is 1.14 bits per heavy atom. The quantitative estimate of drug-likeness (QED) is 0.834. The van der Waals surface area contributed by atoms with Gasteiger partial charge in [-0.25, -0.2) is 0 Å². The van der Waals surface area contributed by atoms with Crippen LogP contribution in [0.5, 0.6) is 5.75 Å². The van der Waals surface area contributed by atoms with E-state index in [0.29, 0.717) is 5.56 Å². The Hall–Kier alpha value is -2.50. The van der Waals surface area contributed by atoms with Gasteiger partial charge in [-0.2, -0.15) is 13.2 Å². The van der Waals surface area contributed by atoms with Crippen molar-refractivity contribution in [1.29, 1.82) is 0 Å². The molecule has 0 saturated carbocycles. The van der Waals surface area contributed by atoms with Crippen LogP contribution in [0, 0.1) is 0 Å². The number of anilines is 1. The van der Waals surface area contributed by atoms with Crippen LogP contribution in [-0.2, 0) is 11.0 Å². The maximum Gasteiger partial charge on any atom is 0.418 e. The lowest BCUT2D eigenvalue weighted by atomic mass is 9.90. The Labute approximate surface area is 125 Å². The van der Waals surface area contributed by atoms with Gasteiger partial charge >= 0.3 is 6.18 Å². The van der Waals surface area contributed by atoms with E-state index in [1.807, 2.05) is 0 Å². The first kappa shape index (κ1) is 15.9. The van der Waals surface area contributed by atoms with E-state index in [0.717, 1.165) is 11.6 Å². The second-order valence-electron chi connectivity index (χ2n) is 4.84. The van der Waals surface area contributed by atoms with Gasteiger partial charge in [0, 0.05) is 5.92 Å². The van der Waals surface area contributed by atoms with E-state index < -0.39 is 11.7 Å². The molecule has 1 amide bonds. The smallest absolute Gasteiger partial charge is 0.418 e. The highest BCUT2D eigenvalue weighted by Gasteiger charge is 2.35. The molecule has 2 rings (SSSR count). The second-order valence-corrected chi connectivity index (χ2v) is 4.84. The van der Waals surface area contributed by atoms with Gasteiger partial charge in [-0.1, -0.05) is 31.2 Å². The second kappa shape index (κ2) is 6.09. The molecule has 0 spiro atoms. The fraction of sp³-hybridized carbons (Fsp3) is 0.188. The van der Waals surface area contributed by atoms with E-state index in [2.05, 4.69) is 5.32 Å². The molecule has 22 heavy (non-hydrogen) atoms. The van der Waals surface area contributed by atoms with Crippen molar-refractivity contribution in [3.63, 3.8) is 0 Å². The van der Waals surface area contributed by atoms with E-state index in [1.165, 1.54) is 18.2 Å². The van der Waals surface area contributed by atoms with Crippen LogP contribution < -0.4 is 5.32 Å². The average Bonchev–Trinajstić information content (AvgIpc) is 2.47. The van der Waals surface area contributed by atoms with Gasteiger partial charge in [0.15, 0.2) is 0 Å². The molecule has 1 unspecified atom stereocenters. The summed E-state index contributed by atoms with van der Waals surface area (Å²) in [7, 11) is 0. The molecule has 0 aromatic heterocycles. The minimum atomic E-state index is -4.56. The Balaban J connectivity index is 2.54. The van der Waals surface area contributed by atoms with Crippen LogP contribution in [-0.4, -0.2) is 11.5 Å². The lowest BCUT2D eigenvalue weighted by molar-refractivity contribution is -0.137. The summed E-state index contributed by atoms with van der Waals surface area (Å²) in [4.78, 5) is 10.7.